The van der Waals surface area contributed by atoms with E-state index in [2.05, 4.69) is 26.3 Å². The summed E-state index contributed by atoms with van der Waals surface area (Å²) in [6.45, 7) is 4.56. The van der Waals surface area contributed by atoms with Gasteiger partial charge in [-0.3, -0.25) is 4.98 Å². The van der Waals surface area contributed by atoms with Gasteiger partial charge in [-0.25, -0.2) is 14.2 Å². The SMILES string of the molecule is Cc1cc(C)cc(NC(=O)N2CC3(CC3)c3c([nH]c4nccnc34)C2c2cccc(F)c2)c1. The van der Waals surface area contributed by atoms with Gasteiger partial charge in [-0.05, 0) is 67.6 Å². The number of nitrogens with zero attached hydrogens (tertiary/aromatic N) is 3. The molecule has 1 aliphatic heterocycles. The summed E-state index contributed by atoms with van der Waals surface area (Å²) in [6, 6.07) is 11.8. The van der Waals surface area contributed by atoms with Crippen LogP contribution in [0.25, 0.3) is 11.2 Å². The minimum atomic E-state index is -0.469. The molecule has 166 valence electrons. The molecule has 2 aromatic heterocycles. The van der Waals surface area contributed by atoms with Gasteiger partial charge in [-0.2, -0.15) is 0 Å². The maximum absolute atomic E-state index is 14.3. The Labute approximate surface area is 190 Å². The van der Waals surface area contributed by atoms with E-state index in [9.17, 15) is 9.18 Å². The molecule has 0 bridgehead atoms. The average molecular weight is 442 g/mol. The predicted octanol–water partition coefficient (Wildman–Crippen LogP) is 5.38. The molecule has 2 aliphatic rings. The number of hydrogen-bond donors (Lipinski definition) is 2. The van der Waals surface area contributed by atoms with E-state index in [-0.39, 0.29) is 17.3 Å². The molecule has 1 fully saturated rings. The maximum Gasteiger partial charge on any atom is 0.322 e. The lowest BCUT2D eigenvalue weighted by Crippen LogP contribution is -2.47. The lowest BCUT2D eigenvalue weighted by atomic mass is 9.84. The Morgan fingerprint density at radius 3 is 2.61 bits per heavy atom. The number of carbonyl (C=O) groups excluding carboxylic acids is 1. The Morgan fingerprint density at radius 2 is 1.88 bits per heavy atom. The molecule has 1 saturated carbocycles. The quantitative estimate of drug-likeness (QED) is 0.438. The molecule has 6 nitrogen and oxygen atoms in total. The van der Waals surface area contributed by atoms with E-state index >= 15 is 0 Å². The summed E-state index contributed by atoms with van der Waals surface area (Å²) >= 11 is 0. The topological polar surface area (TPSA) is 73.9 Å². The third kappa shape index (κ3) is 3.26. The number of anilines is 1. The number of nitrogens with one attached hydrogen (secondary N) is 2. The van der Waals surface area contributed by atoms with Gasteiger partial charge >= 0.3 is 6.03 Å². The molecule has 7 heteroatoms. The molecule has 33 heavy (non-hydrogen) atoms. The molecule has 0 radical (unpaired) electrons. The van der Waals surface area contributed by atoms with Crippen LogP contribution in [0, 0.1) is 19.7 Å². The third-order valence-electron chi connectivity index (χ3n) is 6.80. The van der Waals surface area contributed by atoms with Crippen molar-refractivity contribution in [3.05, 3.63) is 88.6 Å². The fourth-order valence-electron chi connectivity index (χ4n) is 5.34. The van der Waals surface area contributed by atoms with E-state index < -0.39 is 6.04 Å². The molecule has 1 aliphatic carbocycles. The van der Waals surface area contributed by atoms with Crippen LogP contribution in [0.2, 0.25) is 0 Å². The smallest absolute Gasteiger partial charge is 0.322 e. The van der Waals surface area contributed by atoms with Gasteiger partial charge in [0.1, 0.15) is 11.3 Å². The summed E-state index contributed by atoms with van der Waals surface area (Å²) in [4.78, 5) is 28.0. The van der Waals surface area contributed by atoms with Crippen LogP contribution in [0.3, 0.4) is 0 Å². The first-order valence-electron chi connectivity index (χ1n) is 11.2. The van der Waals surface area contributed by atoms with Crippen LogP contribution < -0.4 is 5.32 Å². The minimum Gasteiger partial charge on any atom is -0.339 e. The number of carbonyl (C=O) groups is 1. The molecule has 1 unspecified atom stereocenters. The zero-order valence-corrected chi connectivity index (χ0v) is 18.5. The number of fused-ring (bicyclic) bond motifs is 4. The van der Waals surface area contributed by atoms with E-state index in [0.29, 0.717) is 17.8 Å². The normalized spacial score (nSPS) is 18.4. The Hall–Kier alpha value is -3.74. The number of urea groups is 1. The molecule has 1 atom stereocenters. The van der Waals surface area contributed by atoms with E-state index in [4.69, 9.17) is 0 Å². The van der Waals surface area contributed by atoms with Crippen molar-refractivity contribution in [2.75, 3.05) is 11.9 Å². The predicted molar refractivity (Wildman–Crippen MR) is 125 cm³/mol. The average Bonchev–Trinajstić information content (AvgIpc) is 3.41. The van der Waals surface area contributed by atoms with Crippen molar-refractivity contribution in [1.29, 1.82) is 0 Å². The van der Waals surface area contributed by atoms with Crippen LogP contribution in [0.1, 0.15) is 46.8 Å². The van der Waals surface area contributed by atoms with Crippen LogP contribution in [0.5, 0.6) is 0 Å². The zero-order chi connectivity index (χ0) is 22.7. The molecule has 2 amide bonds. The minimum absolute atomic E-state index is 0.146. The molecule has 4 aromatic rings. The van der Waals surface area contributed by atoms with Gasteiger partial charge in [0.2, 0.25) is 0 Å². The fourth-order valence-corrected chi connectivity index (χ4v) is 5.34. The van der Waals surface area contributed by atoms with Crippen molar-refractivity contribution in [3.63, 3.8) is 0 Å². The summed E-state index contributed by atoms with van der Waals surface area (Å²) < 4.78 is 14.3. The Kier molecular flexibility index (Phi) is 4.30. The highest BCUT2D eigenvalue weighted by Gasteiger charge is 2.55. The second-order valence-electron chi connectivity index (χ2n) is 9.34. The second-order valence-corrected chi connectivity index (χ2v) is 9.34. The van der Waals surface area contributed by atoms with Crippen molar-refractivity contribution in [2.24, 2.45) is 0 Å². The number of benzene rings is 2. The van der Waals surface area contributed by atoms with Gasteiger partial charge in [0.05, 0.1) is 11.7 Å². The summed E-state index contributed by atoms with van der Waals surface area (Å²) in [5.41, 5.74) is 7.04. The highest BCUT2D eigenvalue weighted by molar-refractivity contribution is 5.91. The molecule has 0 saturated heterocycles. The second kappa shape index (κ2) is 7.13. The van der Waals surface area contributed by atoms with Gasteiger partial charge in [0, 0.05) is 35.6 Å². The Bertz CT molecular complexity index is 1390. The first-order chi connectivity index (χ1) is 15.9. The number of aryl methyl sites for hydroxylation is 2. The van der Waals surface area contributed by atoms with E-state index in [1.165, 1.54) is 12.1 Å². The largest absolute Gasteiger partial charge is 0.339 e. The van der Waals surface area contributed by atoms with Crippen LogP contribution in [0.15, 0.2) is 54.9 Å². The van der Waals surface area contributed by atoms with Crippen LogP contribution in [-0.2, 0) is 5.41 Å². The molecule has 2 N–H and O–H groups in total. The summed E-state index contributed by atoms with van der Waals surface area (Å²) in [6.07, 6.45) is 5.31. The van der Waals surface area contributed by atoms with Gasteiger partial charge in [0.15, 0.2) is 5.65 Å². The first kappa shape index (κ1) is 19.9. The summed E-state index contributed by atoms with van der Waals surface area (Å²) in [5, 5.41) is 3.09. The summed E-state index contributed by atoms with van der Waals surface area (Å²) in [7, 11) is 0. The van der Waals surface area contributed by atoms with Gasteiger partial charge in [-0.15, -0.1) is 0 Å². The van der Waals surface area contributed by atoms with E-state index in [0.717, 1.165) is 46.4 Å². The number of halogens is 1. The maximum atomic E-state index is 14.3. The van der Waals surface area contributed by atoms with Crippen molar-refractivity contribution in [3.8, 4) is 0 Å². The Morgan fingerprint density at radius 1 is 1.12 bits per heavy atom. The van der Waals surface area contributed by atoms with E-state index in [1.54, 1.807) is 18.5 Å². The van der Waals surface area contributed by atoms with Gasteiger partial charge in [-0.1, -0.05) is 18.2 Å². The highest BCUT2D eigenvalue weighted by Crippen LogP contribution is 2.57. The molecule has 1 spiro atoms. The number of H-pyrrole nitrogens is 1. The number of hydrogen-bond acceptors (Lipinski definition) is 3. The summed E-state index contributed by atoms with van der Waals surface area (Å²) in [5.74, 6) is -0.331. The van der Waals surface area contributed by atoms with Crippen molar-refractivity contribution >= 4 is 22.9 Å². The standard InChI is InChI=1S/C26H24FN5O/c1-15-10-16(2)12-19(11-15)30-25(33)32-14-26(6-7-26)20-21(31-24-22(20)28-8-9-29-24)23(32)17-4-3-5-18(27)13-17/h3-5,8-13,23H,6-7,14H2,1-2H3,(H,29,31)(H,30,33). The van der Waals surface area contributed by atoms with Crippen molar-refractivity contribution < 1.29 is 9.18 Å². The van der Waals surface area contributed by atoms with Crippen LogP contribution in [0.4, 0.5) is 14.9 Å². The van der Waals surface area contributed by atoms with Crippen molar-refractivity contribution in [1.82, 2.24) is 19.9 Å². The molecule has 3 heterocycles. The first-order valence-corrected chi connectivity index (χ1v) is 11.2. The third-order valence-corrected chi connectivity index (χ3v) is 6.80. The fraction of sp³-hybridized carbons (Fsp3) is 0.269. The van der Waals surface area contributed by atoms with Crippen LogP contribution in [-0.4, -0.2) is 32.4 Å². The number of rotatable bonds is 2. The van der Waals surface area contributed by atoms with Gasteiger partial charge in [0.25, 0.3) is 0 Å². The monoisotopic (exact) mass is 441 g/mol. The highest BCUT2D eigenvalue weighted by atomic mass is 19.1. The molecular formula is C26H24FN5O. The van der Waals surface area contributed by atoms with E-state index in [1.807, 2.05) is 36.9 Å². The van der Waals surface area contributed by atoms with Gasteiger partial charge < -0.3 is 15.2 Å². The number of aromatic amines is 1. The molecule has 2 aromatic carbocycles. The molecular weight excluding hydrogens is 417 g/mol. The number of aromatic nitrogens is 3. The lowest BCUT2D eigenvalue weighted by Gasteiger charge is -2.40. The van der Waals surface area contributed by atoms with Crippen molar-refractivity contribution in [2.45, 2.75) is 38.1 Å². The zero-order valence-electron chi connectivity index (χ0n) is 18.5. The Balaban J connectivity index is 1.49. The number of amides is 2. The molecule has 6 rings (SSSR count). The lowest BCUT2D eigenvalue weighted by molar-refractivity contribution is 0.181. The van der Waals surface area contributed by atoms with Crippen LogP contribution >= 0.6 is 0 Å².